The molecule has 70 valence electrons. The van der Waals surface area contributed by atoms with Crippen molar-refractivity contribution in [3.63, 3.8) is 0 Å². The third-order valence-corrected chi connectivity index (χ3v) is 2.29. The van der Waals surface area contributed by atoms with Gasteiger partial charge < -0.3 is 15.4 Å². The molecule has 0 spiro atoms. The van der Waals surface area contributed by atoms with Gasteiger partial charge in [-0.1, -0.05) is 6.07 Å². The second-order valence-electron chi connectivity index (χ2n) is 3.27. The highest BCUT2D eigenvalue weighted by atomic mass is 16.5. The van der Waals surface area contributed by atoms with Crippen LogP contribution in [0.15, 0.2) is 24.3 Å². The summed E-state index contributed by atoms with van der Waals surface area (Å²) in [5.74, 6) is 0. The van der Waals surface area contributed by atoms with Crippen molar-refractivity contribution in [3.05, 3.63) is 24.3 Å². The first kappa shape index (κ1) is 8.53. The first-order valence-corrected chi connectivity index (χ1v) is 4.61. The Balaban J connectivity index is 2.14. The first-order valence-electron chi connectivity index (χ1n) is 4.61. The molecule has 0 bridgehead atoms. The normalized spacial score (nSPS) is 17.5. The van der Waals surface area contributed by atoms with Crippen LogP contribution < -0.4 is 10.6 Å². The van der Waals surface area contributed by atoms with E-state index in [9.17, 15) is 0 Å². The fourth-order valence-corrected chi connectivity index (χ4v) is 1.57. The largest absolute Gasteiger partial charge is 0.378 e. The summed E-state index contributed by atoms with van der Waals surface area (Å²) in [5.41, 5.74) is 6.25. The lowest BCUT2D eigenvalue weighted by atomic mass is 10.2. The average Bonchev–Trinajstić information content (AvgIpc) is 2.19. The summed E-state index contributed by atoms with van der Waals surface area (Å²) in [7, 11) is 0. The lowest BCUT2D eigenvalue weighted by Crippen LogP contribution is -2.41. The van der Waals surface area contributed by atoms with Crippen molar-refractivity contribution in [2.45, 2.75) is 0 Å². The third kappa shape index (κ3) is 1.99. The van der Waals surface area contributed by atoms with Gasteiger partial charge in [0.1, 0.15) is 5.69 Å². The smallest absolute Gasteiger partial charge is 0.130 e. The van der Waals surface area contributed by atoms with E-state index in [2.05, 4.69) is 22.8 Å². The Morgan fingerprint density at radius 3 is 2.69 bits per heavy atom. The molecule has 1 saturated heterocycles. The van der Waals surface area contributed by atoms with Crippen LogP contribution in [-0.4, -0.2) is 26.3 Å². The second kappa shape index (κ2) is 3.77. The molecular formula is C10H15N2O+. The standard InChI is InChI=1S/C10H14N2O/c11-9-2-1-3-10(8-9)12-4-6-13-7-5-12/h1-3,8H,4-7,11H2/p+1. The maximum absolute atomic E-state index is 5.29. The Morgan fingerprint density at radius 2 is 2.00 bits per heavy atom. The first-order chi connectivity index (χ1) is 6.36. The molecule has 2 rings (SSSR count). The van der Waals surface area contributed by atoms with Gasteiger partial charge in [0.2, 0.25) is 0 Å². The number of hydrogen-bond donors (Lipinski definition) is 1. The van der Waals surface area contributed by atoms with Gasteiger partial charge in [0.05, 0.1) is 13.2 Å². The van der Waals surface area contributed by atoms with E-state index in [-0.39, 0.29) is 0 Å². The molecule has 1 aromatic rings. The number of hydrogen-bond acceptors (Lipinski definition) is 2. The molecule has 3 N–H and O–H groups in total. The maximum Gasteiger partial charge on any atom is 0.130 e. The molecule has 13 heavy (non-hydrogen) atoms. The summed E-state index contributed by atoms with van der Waals surface area (Å²) >= 11 is 0. The van der Waals surface area contributed by atoms with Gasteiger partial charge in [-0.05, 0) is 12.1 Å². The molecule has 0 saturated carbocycles. The van der Waals surface area contributed by atoms with Crippen LogP contribution in [0.25, 0.3) is 0 Å². The van der Waals surface area contributed by atoms with Gasteiger partial charge in [-0.3, -0.25) is 0 Å². The number of ether oxygens (including phenoxy) is 1. The molecule has 1 fully saturated rings. The monoisotopic (exact) mass is 179 g/mol. The van der Waals surface area contributed by atoms with Gasteiger partial charge in [0, 0.05) is 24.8 Å². The minimum atomic E-state index is 0.835. The summed E-state index contributed by atoms with van der Waals surface area (Å²) in [6.45, 7) is 3.65. The molecule has 1 heterocycles. The summed E-state index contributed by atoms with van der Waals surface area (Å²) in [6, 6.07) is 8.31. The summed E-state index contributed by atoms with van der Waals surface area (Å²) < 4.78 is 5.29. The Kier molecular flexibility index (Phi) is 2.47. The van der Waals surface area contributed by atoms with Gasteiger partial charge in [0.25, 0.3) is 0 Å². The molecular weight excluding hydrogens is 164 g/mol. The fourth-order valence-electron chi connectivity index (χ4n) is 1.57. The van der Waals surface area contributed by atoms with Crippen LogP contribution in [0.1, 0.15) is 0 Å². The van der Waals surface area contributed by atoms with Gasteiger partial charge in [-0.15, -0.1) is 0 Å². The van der Waals surface area contributed by atoms with Gasteiger partial charge in [0.15, 0.2) is 0 Å². The number of morpholine rings is 1. The fraction of sp³-hybridized carbons (Fsp3) is 0.400. The zero-order valence-corrected chi connectivity index (χ0v) is 7.70. The number of anilines is 1. The molecule has 0 amide bonds. The Bertz CT molecular complexity index is 282. The minimum Gasteiger partial charge on any atom is -0.378 e. The molecule has 3 nitrogen and oxygen atoms in total. The number of rotatable bonds is 1. The quantitative estimate of drug-likeness (QED) is 0.677. The third-order valence-electron chi connectivity index (χ3n) is 2.29. The highest BCUT2D eigenvalue weighted by Gasteiger charge is 2.10. The van der Waals surface area contributed by atoms with E-state index in [0.29, 0.717) is 0 Å². The van der Waals surface area contributed by atoms with E-state index >= 15 is 0 Å². The SMILES string of the molecule is [NH3+]c1cccc(N2CCOCC2)c1. The zero-order chi connectivity index (χ0) is 9.10. The van der Waals surface area contributed by atoms with Gasteiger partial charge in [-0.25, -0.2) is 0 Å². The van der Waals surface area contributed by atoms with Crippen LogP contribution in [0.2, 0.25) is 0 Å². The summed E-state index contributed by atoms with van der Waals surface area (Å²) in [6.07, 6.45) is 0. The van der Waals surface area contributed by atoms with E-state index < -0.39 is 0 Å². The molecule has 0 aromatic heterocycles. The van der Waals surface area contributed by atoms with Crippen LogP contribution >= 0.6 is 0 Å². The van der Waals surface area contributed by atoms with Crippen molar-refractivity contribution in [3.8, 4) is 0 Å². The molecule has 0 atom stereocenters. The number of quaternary nitrogens is 1. The summed E-state index contributed by atoms with van der Waals surface area (Å²) in [5, 5.41) is 0. The maximum atomic E-state index is 5.29. The van der Waals surface area contributed by atoms with Crippen LogP contribution in [0.3, 0.4) is 0 Å². The number of benzene rings is 1. The van der Waals surface area contributed by atoms with Crippen molar-refractivity contribution in [2.75, 3.05) is 31.2 Å². The lowest BCUT2D eigenvalue weighted by molar-refractivity contribution is -0.254. The zero-order valence-electron chi connectivity index (χ0n) is 7.70. The average molecular weight is 179 g/mol. The van der Waals surface area contributed by atoms with Crippen LogP contribution in [0.4, 0.5) is 11.4 Å². The van der Waals surface area contributed by atoms with E-state index in [0.717, 1.165) is 32.0 Å². The van der Waals surface area contributed by atoms with Crippen LogP contribution in [-0.2, 0) is 4.74 Å². The van der Waals surface area contributed by atoms with E-state index in [1.165, 1.54) is 5.69 Å². The van der Waals surface area contributed by atoms with Gasteiger partial charge in [-0.2, -0.15) is 0 Å². The highest BCUT2D eigenvalue weighted by Crippen LogP contribution is 2.17. The molecule has 0 radical (unpaired) electrons. The van der Waals surface area contributed by atoms with Crippen molar-refractivity contribution in [2.24, 2.45) is 0 Å². The van der Waals surface area contributed by atoms with E-state index in [4.69, 9.17) is 4.74 Å². The van der Waals surface area contributed by atoms with E-state index in [1.807, 2.05) is 12.1 Å². The minimum absolute atomic E-state index is 0.835. The molecule has 3 heteroatoms. The Hall–Kier alpha value is -1.06. The summed E-state index contributed by atoms with van der Waals surface area (Å²) in [4.78, 5) is 2.33. The van der Waals surface area contributed by atoms with Crippen molar-refractivity contribution in [1.82, 2.24) is 0 Å². The predicted octanol–water partition coefficient (Wildman–Crippen LogP) is 0.397. The van der Waals surface area contributed by atoms with Crippen LogP contribution in [0.5, 0.6) is 0 Å². The Morgan fingerprint density at radius 1 is 1.23 bits per heavy atom. The molecule has 1 aliphatic rings. The van der Waals surface area contributed by atoms with Gasteiger partial charge >= 0.3 is 0 Å². The predicted molar refractivity (Wildman–Crippen MR) is 52.0 cm³/mol. The molecule has 0 unspecified atom stereocenters. The van der Waals surface area contributed by atoms with E-state index in [1.54, 1.807) is 0 Å². The van der Waals surface area contributed by atoms with Crippen LogP contribution in [0, 0.1) is 0 Å². The number of nitrogens with zero attached hydrogens (tertiary/aromatic N) is 1. The molecule has 1 aliphatic heterocycles. The molecule has 1 aromatic carbocycles. The second-order valence-corrected chi connectivity index (χ2v) is 3.27. The lowest BCUT2D eigenvalue weighted by Gasteiger charge is -2.28. The highest BCUT2D eigenvalue weighted by molar-refractivity contribution is 5.52. The topological polar surface area (TPSA) is 40.1 Å². The van der Waals surface area contributed by atoms with Crippen molar-refractivity contribution in [1.29, 1.82) is 0 Å². The molecule has 0 aliphatic carbocycles. The Labute approximate surface area is 78.1 Å². The van der Waals surface area contributed by atoms with Crippen molar-refractivity contribution < 1.29 is 10.5 Å². The van der Waals surface area contributed by atoms with Crippen molar-refractivity contribution >= 4 is 11.4 Å².